The summed E-state index contributed by atoms with van der Waals surface area (Å²) >= 11 is 1.30. The Morgan fingerprint density at radius 2 is 2.11 bits per heavy atom. The number of aryl methyl sites for hydroxylation is 1. The van der Waals surface area contributed by atoms with Gasteiger partial charge in [-0.1, -0.05) is 6.92 Å². The zero-order valence-electron chi connectivity index (χ0n) is 10.9. The molecule has 4 nitrogen and oxygen atoms in total. The molecule has 0 bridgehead atoms. The fourth-order valence-electron chi connectivity index (χ4n) is 1.57. The van der Waals surface area contributed by atoms with Crippen LogP contribution in [0.25, 0.3) is 0 Å². The third-order valence-electron chi connectivity index (χ3n) is 2.56. The van der Waals surface area contributed by atoms with Crippen molar-refractivity contribution in [3.8, 4) is 11.8 Å². The lowest BCUT2D eigenvalue weighted by molar-refractivity contribution is 0.317. The Morgan fingerprint density at radius 1 is 1.37 bits per heavy atom. The number of nitrogens with one attached hydrogen (secondary N) is 1. The molecule has 5 heteroatoms. The summed E-state index contributed by atoms with van der Waals surface area (Å²) in [6.45, 7) is 4.63. The highest BCUT2D eigenvalue weighted by molar-refractivity contribution is 7.10. The van der Waals surface area contributed by atoms with E-state index in [2.05, 4.69) is 22.7 Å². The van der Waals surface area contributed by atoms with E-state index >= 15 is 0 Å². The first-order chi connectivity index (χ1) is 9.24. The Hall–Kier alpha value is -2.06. The van der Waals surface area contributed by atoms with Crippen molar-refractivity contribution in [2.75, 3.05) is 11.9 Å². The van der Waals surface area contributed by atoms with Crippen LogP contribution in [0, 0.1) is 18.3 Å². The van der Waals surface area contributed by atoms with Gasteiger partial charge < -0.3 is 10.1 Å². The molecule has 19 heavy (non-hydrogen) atoms. The van der Waals surface area contributed by atoms with E-state index in [0.717, 1.165) is 35.2 Å². The summed E-state index contributed by atoms with van der Waals surface area (Å²) in [5.74, 6) is 0.855. The number of ether oxygens (including phenoxy) is 1. The highest BCUT2D eigenvalue weighted by atomic mass is 32.1. The first-order valence-corrected chi connectivity index (χ1v) is 6.88. The van der Waals surface area contributed by atoms with E-state index in [4.69, 9.17) is 10.00 Å². The van der Waals surface area contributed by atoms with Gasteiger partial charge in [-0.15, -0.1) is 0 Å². The predicted octanol–water partition coefficient (Wildman–Crippen LogP) is 3.86. The van der Waals surface area contributed by atoms with E-state index in [9.17, 15) is 0 Å². The van der Waals surface area contributed by atoms with Gasteiger partial charge in [0.05, 0.1) is 12.3 Å². The van der Waals surface area contributed by atoms with Gasteiger partial charge in [0.25, 0.3) is 0 Å². The SMILES string of the molecule is CCCOc1ccc(Nc2snc(C)c2C#N)cc1. The average Bonchev–Trinajstić information content (AvgIpc) is 2.78. The molecule has 2 rings (SSSR count). The first kappa shape index (κ1) is 13.4. The van der Waals surface area contributed by atoms with Crippen LogP contribution in [0.5, 0.6) is 5.75 Å². The van der Waals surface area contributed by atoms with Crippen molar-refractivity contribution in [3.05, 3.63) is 35.5 Å². The van der Waals surface area contributed by atoms with Crippen molar-refractivity contribution in [1.29, 1.82) is 5.26 Å². The summed E-state index contributed by atoms with van der Waals surface area (Å²) in [4.78, 5) is 0. The van der Waals surface area contributed by atoms with Gasteiger partial charge in [-0.3, -0.25) is 0 Å². The molecule has 0 unspecified atom stereocenters. The molecular weight excluding hydrogens is 258 g/mol. The molecule has 0 fully saturated rings. The molecule has 0 aliphatic heterocycles. The van der Waals surface area contributed by atoms with Crippen molar-refractivity contribution in [1.82, 2.24) is 4.37 Å². The molecule has 1 N–H and O–H groups in total. The summed E-state index contributed by atoms with van der Waals surface area (Å²) < 4.78 is 9.69. The number of rotatable bonds is 5. The fraction of sp³-hybridized carbons (Fsp3) is 0.286. The third kappa shape index (κ3) is 3.24. The van der Waals surface area contributed by atoms with Crippen molar-refractivity contribution in [3.63, 3.8) is 0 Å². The van der Waals surface area contributed by atoms with E-state index in [1.54, 1.807) is 0 Å². The zero-order chi connectivity index (χ0) is 13.7. The Bertz CT molecular complexity index is 584. The number of aromatic nitrogens is 1. The average molecular weight is 273 g/mol. The number of hydrogen-bond donors (Lipinski definition) is 1. The lowest BCUT2D eigenvalue weighted by Crippen LogP contribution is -1.95. The van der Waals surface area contributed by atoms with Gasteiger partial charge in [0, 0.05) is 5.69 Å². The van der Waals surface area contributed by atoms with E-state index in [1.807, 2.05) is 31.2 Å². The van der Waals surface area contributed by atoms with Crippen molar-refractivity contribution in [2.45, 2.75) is 20.3 Å². The second-order valence-electron chi connectivity index (χ2n) is 4.08. The van der Waals surface area contributed by atoms with Gasteiger partial charge in [-0.2, -0.15) is 9.64 Å². The number of hydrogen-bond acceptors (Lipinski definition) is 5. The Kier molecular flexibility index (Phi) is 4.37. The lowest BCUT2D eigenvalue weighted by atomic mass is 10.2. The summed E-state index contributed by atoms with van der Waals surface area (Å²) in [5, 5.41) is 13.0. The smallest absolute Gasteiger partial charge is 0.132 e. The fourth-order valence-corrected chi connectivity index (χ4v) is 2.34. The van der Waals surface area contributed by atoms with Crippen LogP contribution in [0.4, 0.5) is 10.7 Å². The maximum atomic E-state index is 9.06. The first-order valence-electron chi connectivity index (χ1n) is 6.11. The number of benzene rings is 1. The van der Waals surface area contributed by atoms with Crippen molar-refractivity contribution in [2.24, 2.45) is 0 Å². The highest BCUT2D eigenvalue weighted by Gasteiger charge is 2.09. The minimum atomic E-state index is 0.608. The molecular formula is C14H15N3OS. The predicted molar refractivity (Wildman–Crippen MR) is 77.1 cm³/mol. The third-order valence-corrected chi connectivity index (χ3v) is 3.41. The van der Waals surface area contributed by atoms with Crippen LogP contribution in [-0.4, -0.2) is 11.0 Å². The quantitative estimate of drug-likeness (QED) is 0.898. The number of nitriles is 1. The van der Waals surface area contributed by atoms with Crippen LogP contribution >= 0.6 is 11.5 Å². The van der Waals surface area contributed by atoms with Gasteiger partial charge >= 0.3 is 0 Å². The maximum Gasteiger partial charge on any atom is 0.132 e. The molecule has 98 valence electrons. The Morgan fingerprint density at radius 3 is 2.74 bits per heavy atom. The summed E-state index contributed by atoms with van der Waals surface area (Å²) in [7, 11) is 0. The minimum Gasteiger partial charge on any atom is -0.494 e. The van der Waals surface area contributed by atoms with E-state index < -0.39 is 0 Å². The van der Waals surface area contributed by atoms with Crippen LogP contribution in [0.15, 0.2) is 24.3 Å². The molecule has 0 saturated carbocycles. The molecule has 0 aliphatic carbocycles. The summed E-state index contributed by atoms with van der Waals surface area (Å²) in [6, 6.07) is 9.86. The lowest BCUT2D eigenvalue weighted by Gasteiger charge is -2.07. The van der Waals surface area contributed by atoms with Gasteiger partial charge in [0.1, 0.15) is 22.4 Å². The van der Waals surface area contributed by atoms with Crippen LogP contribution in [-0.2, 0) is 0 Å². The molecule has 0 saturated heterocycles. The number of nitrogens with zero attached hydrogens (tertiary/aromatic N) is 2. The Balaban J connectivity index is 2.09. The molecule has 1 heterocycles. The standard InChI is InChI=1S/C14H15N3OS/c1-3-8-18-12-6-4-11(5-7-12)16-14-13(9-15)10(2)17-19-14/h4-7,16H,3,8H2,1-2H3. The molecule has 1 aromatic heterocycles. The van der Waals surface area contributed by atoms with E-state index in [0.29, 0.717) is 5.56 Å². The summed E-state index contributed by atoms with van der Waals surface area (Å²) in [5.41, 5.74) is 2.29. The van der Waals surface area contributed by atoms with Gasteiger partial charge in [-0.05, 0) is 49.1 Å². The molecule has 0 radical (unpaired) electrons. The monoisotopic (exact) mass is 273 g/mol. The van der Waals surface area contributed by atoms with Crippen molar-refractivity contribution >= 4 is 22.2 Å². The maximum absolute atomic E-state index is 9.06. The van der Waals surface area contributed by atoms with Gasteiger partial charge in [0.2, 0.25) is 0 Å². The summed E-state index contributed by atoms with van der Waals surface area (Å²) in [6.07, 6.45) is 0.992. The highest BCUT2D eigenvalue weighted by Crippen LogP contribution is 2.28. The van der Waals surface area contributed by atoms with Gasteiger partial charge in [0.15, 0.2) is 0 Å². The topological polar surface area (TPSA) is 57.9 Å². The molecule has 0 spiro atoms. The normalized spacial score (nSPS) is 9.95. The number of anilines is 2. The molecule has 1 aromatic carbocycles. The largest absolute Gasteiger partial charge is 0.494 e. The van der Waals surface area contributed by atoms with E-state index in [1.165, 1.54) is 11.5 Å². The Labute approximate surface area is 116 Å². The van der Waals surface area contributed by atoms with Crippen molar-refractivity contribution < 1.29 is 4.74 Å². The molecule has 0 amide bonds. The van der Waals surface area contributed by atoms with Crippen LogP contribution in [0.3, 0.4) is 0 Å². The minimum absolute atomic E-state index is 0.608. The second kappa shape index (κ2) is 6.21. The van der Waals surface area contributed by atoms with Gasteiger partial charge in [-0.25, -0.2) is 0 Å². The van der Waals surface area contributed by atoms with Crippen LogP contribution in [0.2, 0.25) is 0 Å². The van der Waals surface area contributed by atoms with Crippen LogP contribution in [0.1, 0.15) is 24.6 Å². The molecule has 0 atom stereocenters. The second-order valence-corrected chi connectivity index (χ2v) is 4.86. The van der Waals surface area contributed by atoms with Crippen LogP contribution < -0.4 is 10.1 Å². The molecule has 2 aromatic rings. The van der Waals surface area contributed by atoms with E-state index in [-0.39, 0.29) is 0 Å². The zero-order valence-corrected chi connectivity index (χ0v) is 11.8. The molecule has 0 aliphatic rings.